The summed E-state index contributed by atoms with van der Waals surface area (Å²) in [6, 6.07) is 11.1. The second-order valence-electron chi connectivity index (χ2n) is 7.36. The predicted molar refractivity (Wildman–Crippen MR) is 133 cm³/mol. The van der Waals surface area contributed by atoms with Gasteiger partial charge in [-0.25, -0.2) is 14.2 Å². The van der Waals surface area contributed by atoms with E-state index in [0.717, 1.165) is 10.7 Å². The molecule has 0 saturated carbocycles. The SMILES string of the molecule is CCOC(=O)C1=C(C)N=C2SC=CN2[C@H]1c1cccc(OCC(=O)Nc2ccc(Br)cc2F)c1. The number of fused-ring (bicyclic) bond motifs is 1. The molecule has 2 aliphatic rings. The summed E-state index contributed by atoms with van der Waals surface area (Å²) in [5.41, 5.74) is 1.88. The average Bonchev–Trinajstić information content (AvgIpc) is 3.27. The number of anilines is 1. The van der Waals surface area contributed by atoms with Crippen molar-refractivity contribution in [1.82, 2.24) is 4.90 Å². The highest BCUT2D eigenvalue weighted by atomic mass is 79.9. The number of nitrogens with zero attached hydrogens (tertiary/aromatic N) is 2. The molecule has 10 heteroatoms. The molecular weight excluding hydrogens is 525 g/mol. The van der Waals surface area contributed by atoms with Crippen molar-refractivity contribution < 1.29 is 23.5 Å². The van der Waals surface area contributed by atoms with Gasteiger partial charge in [-0.05, 0) is 55.2 Å². The molecule has 2 aromatic rings. The summed E-state index contributed by atoms with van der Waals surface area (Å²) in [5.74, 6) is -1.05. The fraction of sp³-hybridized carbons (Fsp3) is 0.208. The molecule has 176 valence electrons. The number of benzene rings is 2. The second kappa shape index (κ2) is 10.4. The molecule has 2 aromatic carbocycles. The molecule has 1 atom stereocenters. The Labute approximate surface area is 208 Å². The van der Waals surface area contributed by atoms with Gasteiger partial charge < -0.3 is 19.7 Å². The fourth-order valence-corrected chi connectivity index (χ4v) is 4.72. The maximum Gasteiger partial charge on any atom is 0.338 e. The van der Waals surface area contributed by atoms with Crippen LogP contribution in [0.2, 0.25) is 0 Å². The van der Waals surface area contributed by atoms with Crippen LogP contribution in [-0.4, -0.2) is 35.2 Å². The number of aliphatic imine (C=N–C) groups is 1. The largest absolute Gasteiger partial charge is 0.484 e. The molecule has 0 saturated heterocycles. The number of amidine groups is 1. The first kappa shape index (κ1) is 24.0. The molecule has 0 aliphatic carbocycles. The molecule has 0 unspecified atom stereocenters. The van der Waals surface area contributed by atoms with E-state index in [1.54, 1.807) is 38.1 Å². The highest BCUT2D eigenvalue weighted by Crippen LogP contribution is 2.41. The van der Waals surface area contributed by atoms with E-state index in [-0.39, 0.29) is 18.9 Å². The summed E-state index contributed by atoms with van der Waals surface area (Å²) in [7, 11) is 0. The van der Waals surface area contributed by atoms with Crippen LogP contribution in [0.25, 0.3) is 0 Å². The van der Waals surface area contributed by atoms with E-state index in [4.69, 9.17) is 9.47 Å². The van der Waals surface area contributed by atoms with Gasteiger partial charge in [0.25, 0.3) is 5.91 Å². The molecule has 0 fully saturated rings. The Morgan fingerprint density at radius 2 is 2.09 bits per heavy atom. The lowest BCUT2D eigenvalue weighted by molar-refractivity contribution is -0.139. The van der Waals surface area contributed by atoms with Gasteiger partial charge in [0.1, 0.15) is 11.6 Å². The number of hydrogen-bond donors (Lipinski definition) is 1. The van der Waals surface area contributed by atoms with E-state index in [1.807, 2.05) is 22.6 Å². The Hall–Kier alpha value is -3.11. The molecule has 2 aliphatic heterocycles. The smallest absolute Gasteiger partial charge is 0.338 e. The Morgan fingerprint density at radius 3 is 2.85 bits per heavy atom. The van der Waals surface area contributed by atoms with Gasteiger partial charge in [0.2, 0.25) is 0 Å². The highest BCUT2D eigenvalue weighted by Gasteiger charge is 2.37. The minimum Gasteiger partial charge on any atom is -0.484 e. The third kappa shape index (κ3) is 5.18. The lowest BCUT2D eigenvalue weighted by Gasteiger charge is -2.33. The standard InChI is InChI=1S/C24H21BrFN3O4S/c1-3-32-23(31)21-14(2)27-24-29(9-10-34-24)22(21)15-5-4-6-17(11-15)33-13-20(30)28-19-8-7-16(25)12-18(19)26/h4-12,22H,3,13H2,1-2H3,(H,28,30)/t22-/m0/s1. The molecule has 0 aromatic heterocycles. The van der Waals surface area contributed by atoms with E-state index < -0.39 is 23.7 Å². The lowest BCUT2D eigenvalue weighted by atomic mass is 9.94. The normalized spacial score (nSPS) is 16.8. The Kier molecular flexibility index (Phi) is 7.38. The first-order valence-corrected chi connectivity index (χ1v) is 12.1. The quantitative estimate of drug-likeness (QED) is 0.471. The summed E-state index contributed by atoms with van der Waals surface area (Å²) < 4.78 is 25.5. The molecule has 34 heavy (non-hydrogen) atoms. The average molecular weight is 546 g/mol. The summed E-state index contributed by atoms with van der Waals surface area (Å²) in [6.07, 6.45) is 1.87. The van der Waals surface area contributed by atoms with Crippen LogP contribution in [0.4, 0.5) is 10.1 Å². The van der Waals surface area contributed by atoms with Gasteiger partial charge in [-0.15, -0.1) is 0 Å². The summed E-state index contributed by atoms with van der Waals surface area (Å²) >= 11 is 4.65. The van der Waals surface area contributed by atoms with Gasteiger partial charge in [-0.3, -0.25) is 4.79 Å². The minimum atomic E-state index is -0.551. The monoisotopic (exact) mass is 545 g/mol. The Balaban J connectivity index is 1.52. The number of thioether (sulfide) groups is 1. The van der Waals surface area contributed by atoms with Crippen molar-refractivity contribution in [3.63, 3.8) is 0 Å². The number of carbonyl (C=O) groups is 2. The van der Waals surface area contributed by atoms with Gasteiger partial charge in [0.15, 0.2) is 11.8 Å². The summed E-state index contributed by atoms with van der Waals surface area (Å²) in [6.45, 7) is 3.48. The van der Waals surface area contributed by atoms with Crippen LogP contribution in [0.1, 0.15) is 25.5 Å². The first-order chi connectivity index (χ1) is 16.4. The number of hydrogen-bond acceptors (Lipinski definition) is 7. The van der Waals surface area contributed by atoms with Crippen molar-refractivity contribution in [1.29, 1.82) is 0 Å². The van der Waals surface area contributed by atoms with Crippen molar-refractivity contribution in [3.8, 4) is 5.75 Å². The molecular formula is C24H21BrFN3O4S. The van der Waals surface area contributed by atoms with Gasteiger partial charge in [0, 0.05) is 10.7 Å². The Morgan fingerprint density at radius 1 is 1.26 bits per heavy atom. The zero-order chi connectivity index (χ0) is 24.2. The molecule has 0 spiro atoms. The number of allylic oxidation sites excluding steroid dienone is 1. The van der Waals surface area contributed by atoms with Crippen LogP contribution in [0.15, 0.2) is 74.8 Å². The van der Waals surface area contributed by atoms with E-state index in [9.17, 15) is 14.0 Å². The van der Waals surface area contributed by atoms with E-state index in [2.05, 4.69) is 26.2 Å². The van der Waals surface area contributed by atoms with Crippen LogP contribution in [0, 0.1) is 5.82 Å². The molecule has 1 N–H and O–H groups in total. The van der Waals surface area contributed by atoms with Gasteiger partial charge >= 0.3 is 5.97 Å². The number of carbonyl (C=O) groups excluding carboxylic acids is 2. The van der Waals surface area contributed by atoms with Crippen molar-refractivity contribution in [2.75, 3.05) is 18.5 Å². The predicted octanol–water partition coefficient (Wildman–Crippen LogP) is 5.37. The number of halogens is 2. The molecule has 4 rings (SSSR count). The fourth-order valence-electron chi connectivity index (χ4n) is 3.60. The van der Waals surface area contributed by atoms with E-state index >= 15 is 0 Å². The topological polar surface area (TPSA) is 80.2 Å². The third-order valence-electron chi connectivity index (χ3n) is 5.06. The minimum absolute atomic E-state index is 0.0672. The van der Waals surface area contributed by atoms with Crippen LogP contribution >= 0.6 is 27.7 Å². The summed E-state index contributed by atoms with van der Waals surface area (Å²) in [4.78, 5) is 31.5. The van der Waals surface area contributed by atoms with Crippen LogP contribution in [0.5, 0.6) is 5.75 Å². The molecule has 7 nitrogen and oxygen atoms in total. The van der Waals surface area contributed by atoms with Crippen LogP contribution in [-0.2, 0) is 14.3 Å². The van der Waals surface area contributed by atoms with E-state index in [0.29, 0.717) is 21.5 Å². The van der Waals surface area contributed by atoms with Gasteiger partial charge in [-0.2, -0.15) is 0 Å². The van der Waals surface area contributed by atoms with Crippen molar-refractivity contribution >= 4 is 50.4 Å². The molecule has 0 bridgehead atoms. The van der Waals surface area contributed by atoms with Gasteiger partial charge in [0.05, 0.1) is 29.6 Å². The van der Waals surface area contributed by atoms with Crippen molar-refractivity contribution in [2.24, 2.45) is 4.99 Å². The van der Waals surface area contributed by atoms with Crippen molar-refractivity contribution in [3.05, 3.63) is 81.2 Å². The summed E-state index contributed by atoms with van der Waals surface area (Å²) in [5, 5.41) is 5.16. The highest BCUT2D eigenvalue weighted by molar-refractivity contribution is 9.10. The maximum absolute atomic E-state index is 14.0. The van der Waals surface area contributed by atoms with Crippen LogP contribution < -0.4 is 10.1 Å². The number of rotatable bonds is 7. The second-order valence-corrected chi connectivity index (χ2v) is 9.15. The van der Waals surface area contributed by atoms with Crippen molar-refractivity contribution in [2.45, 2.75) is 19.9 Å². The first-order valence-electron chi connectivity index (χ1n) is 10.4. The maximum atomic E-state index is 14.0. The number of esters is 1. The van der Waals surface area contributed by atoms with E-state index in [1.165, 1.54) is 23.9 Å². The Bertz CT molecular complexity index is 1230. The number of ether oxygens (including phenoxy) is 2. The van der Waals surface area contributed by atoms with Crippen LogP contribution in [0.3, 0.4) is 0 Å². The molecule has 2 heterocycles. The van der Waals surface area contributed by atoms with Gasteiger partial charge in [-0.1, -0.05) is 39.8 Å². The third-order valence-corrected chi connectivity index (χ3v) is 6.33. The zero-order valence-corrected chi connectivity index (χ0v) is 20.8. The number of nitrogens with one attached hydrogen (secondary N) is 1. The molecule has 1 amide bonds. The lowest BCUT2D eigenvalue weighted by Crippen LogP contribution is -2.34. The molecule has 0 radical (unpaired) electrons. The number of amides is 1. The zero-order valence-electron chi connectivity index (χ0n) is 18.4.